The Bertz CT molecular complexity index is 731. The highest BCUT2D eigenvalue weighted by molar-refractivity contribution is 5.85. The smallest absolute Gasteiger partial charge is 0.333 e. The van der Waals surface area contributed by atoms with Crippen LogP contribution in [0.5, 0.6) is 0 Å². The molecule has 3 heteroatoms. The molecule has 3 rings (SSSR count). The molecule has 3 nitrogen and oxygen atoms in total. The van der Waals surface area contributed by atoms with Crippen molar-refractivity contribution in [3.05, 3.63) is 72.4 Å². The Balaban J connectivity index is 2.17. The zero-order chi connectivity index (χ0) is 13.9. The first kappa shape index (κ1) is 12.5. The number of ether oxygens (including phenoxy) is 1. The zero-order valence-corrected chi connectivity index (χ0v) is 11.2. The minimum Gasteiger partial charge on any atom is -0.467 e. The van der Waals surface area contributed by atoms with Crippen LogP contribution in [0.15, 0.2) is 66.9 Å². The van der Waals surface area contributed by atoms with Crippen molar-refractivity contribution in [1.29, 1.82) is 0 Å². The third-order valence-electron chi connectivity index (χ3n) is 3.45. The maximum Gasteiger partial charge on any atom is 0.333 e. The van der Waals surface area contributed by atoms with Crippen LogP contribution in [0.4, 0.5) is 0 Å². The van der Waals surface area contributed by atoms with E-state index < -0.39 is 6.04 Å². The van der Waals surface area contributed by atoms with Gasteiger partial charge in [0.2, 0.25) is 0 Å². The first-order valence-corrected chi connectivity index (χ1v) is 6.49. The van der Waals surface area contributed by atoms with Gasteiger partial charge in [-0.3, -0.25) is 0 Å². The Labute approximate surface area is 117 Å². The molecule has 0 aliphatic carbocycles. The van der Waals surface area contributed by atoms with E-state index in [1.165, 1.54) is 7.11 Å². The third kappa shape index (κ3) is 2.07. The van der Waals surface area contributed by atoms with Crippen LogP contribution >= 0.6 is 0 Å². The highest BCUT2D eigenvalue weighted by Crippen LogP contribution is 2.26. The van der Waals surface area contributed by atoms with E-state index in [4.69, 9.17) is 4.74 Å². The molecule has 2 aromatic carbocycles. The number of benzene rings is 2. The van der Waals surface area contributed by atoms with Crippen LogP contribution in [0.25, 0.3) is 10.9 Å². The van der Waals surface area contributed by atoms with E-state index in [0.29, 0.717) is 0 Å². The second-order valence-electron chi connectivity index (χ2n) is 4.62. The number of rotatable bonds is 3. The van der Waals surface area contributed by atoms with E-state index in [1.54, 1.807) is 0 Å². The Hall–Kier alpha value is -2.55. The molecule has 0 saturated carbocycles. The maximum atomic E-state index is 12.2. The topological polar surface area (TPSA) is 31.2 Å². The van der Waals surface area contributed by atoms with Crippen molar-refractivity contribution < 1.29 is 9.53 Å². The number of esters is 1. The van der Waals surface area contributed by atoms with Gasteiger partial charge in [0, 0.05) is 11.7 Å². The predicted molar refractivity (Wildman–Crippen MR) is 78.5 cm³/mol. The van der Waals surface area contributed by atoms with Gasteiger partial charge >= 0.3 is 5.97 Å². The lowest BCUT2D eigenvalue weighted by Gasteiger charge is -2.18. The highest BCUT2D eigenvalue weighted by atomic mass is 16.5. The van der Waals surface area contributed by atoms with Gasteiger partial charge in [0.25, 0.3) is 0 Å². The summed E-state index contributed by atoms with van der Waals surface area (Å²) in [6, 6.07) is 19.2. The van der Waals surface area contributed by atoms with E-state index >= 15 is 0 Å². The zero-order valence-electron chi connectivity index (χ0n) is 11.2. The van der Waals surface area contributed by atoms with Crippen LogP contribution < -0.4 is 0 Å². The van der Waals surface area contributed by atoms with Gasteiger partial charge in [0.1, 0.15) is 0 Å². The molecule has 0 aliphatic heterocycles. The van der Waals surface area contributed by atoms with Gasteiger partial charge in [-0.2, -0.15) is 0 Å². The molecular formula is C17H15NO2. The summed E-state index contributed by atoms with van der Waals surface area (Å²) in [4.78, 5) is 12.2. The molecule has 0 spiro atoms. The molecule has 0 radical (unpaired) electrons. The highest BCUT2D eigenvalue weighted by Gasteiger charge is 2.24. The van der Waals surface area contributed by atoms with E-state index in [0.717, 1.165) is 16.5 Å². The molecule has 0 amide bonds. The van der Waals surface area contributed by atoms with Crippen LogP contribution in [0.2, 0.25) is 0 Å². The van der Waals surface area contributed by atoms with Crippen molar-refractivity contribution >= 4 is 16.9 Å². The maximum absolute atomic E-state index is 12.2. The Morgan fingerprint density at radius 3 is 2.45 bits per heavy atom. The average molecular weight is 265 g/mol. The summed E-state index contributed by atoms with van der Waals surface area (Å²) in [6.07, 6.45) is 1.93. The molecule has 1 heterocycles. The van der Waals surface area contributed by atoms with Gasteiger partial charge in [0.05, 0.1) is 7.11 Å². The lowest BCUT2D eigenvalue weighted by atomic mass is 10.1. The fourth-order valence-corrected chi connectivity index (χ4v) is 2.49. The number of nitrogens with zero attached hydrogens (tertiary/aromatic N) is 1. The van der Waals surface area contributed by atoms with Gasteiger partial charge in [0.15, 0.2) is 6.04 Å². The summed E-state index contributed by atoms with van der Waals surface area (Å²) in [5, 5.41) is 1.11. The second-order valence-corrected chi connectivity index (χ2v) is 4.62. The molecule has 0 N–H and O–H groups in total. The Kier molecular flexibility index (Phi) is 3.25. The Morgan fingerprint density at radius 1 is 1.00 bits per heavy atom. The predicted octanol–water partition coefficient (Wildman–Crippen LogP) is 3.40. The first-order valence-electron chi connectivity index (χ1n) is 6.49. The van der Waals surface area contributed by atoms with Gasteiger partial charge in [-0.15, -0.1) is 0 Å². The standard InChI is InChI=1S/C17H15NO2/c1-20-17(19)16(14-8-3-2-4-9-14)18-12-11-13-7-5-6-10-15(13)18/h2-12,16H,1H3. The Morgan fingerprint density at radius 2 is 1.70 bits per heavy atom. The number of hydrogen-bond acceptors (Lipinski definition) is 2. The summed E-state index contributed by atoms with van der Waals surface area (Å²) < 4.78 is 6.93. The van der Waals surface area contributed by atoms with E-state index in [9.17, 15) is 4.79 Å². The normalized spacial score (nSPS) is 12.2. The van der Waals surface area contributed by atoms with Gasteiger partial charge in [-0.25, -0.2) is 4.79 Å². The molecule has 0 aliphatic rings. The van der Waals surface area contributed by atoms with Crippen LogP contribution in [-0.2, 0) is 9.53 Å². The lowest BCUT2D eigenvalue weighted by Crippen LogP contribution is -2.21. The van der Waals surface area contributed by atoms with Crippen molar-refractivity contribution in [2.75, 3.05) is 7.11 Å². The molecule has 0 saturated heterocycles. The number of methoxy groups -OCH3 is 1. The summed E-state index contributed by atoms with van der Waals surface area (Å²) in [5.74, 6) is -0.266. The van der Waals surface area contributed by atoms with Crippen LogP contribution in [0.3, 0.4) is 0 Å². The largest absolute Gasteiger partial charge is 0.467 e. The van der Waals surface area contributed by atoms with Crippen LogP contribution in [0, 0.1) is 0 Å². The van der Waals surface area contributed by atoms with Crippen molar-refractivity contribution in [3.63, 3.8) is 0 Å². The van der Waals surface area contributed by atoms with Gasteiger partial charge < -0.3 is 9.30 Å². The fourth-order valence-electron chi connectivity index (χ4n) is 2.49. The first-order chi connectivity index (χ1) is 9.81. The molecule has 1 unspecified atom stereocenters. The van der Waals surface area contributed by atoms with E-state index in [2.05, 4.69) is 0 Å². The molecule has 0 fully saturated rings. The third-order valence-corrected chi connectivity index (χ3v) is 3.45. The number of para-hydroxylation sites is 1. The number of carbonyl (C=O) groups excluding carboxylic acids is 1. The monoisotopic (exact) mass is 265 g/mol. The SMILES string of the molecule is COC(=O)C(c1ccccc1)n1ccc2ccccc21. The molecule has 100 valence electrons. The van der Waals surface area contributed by atoms with Gasteiger partial charge in [-0.1, -0.05) is 48.5 Å². The minimum atomic E-state index is -0.457. The molecule has 3 aromatic rings. The molecule has 0 bridgehead atoms. The molecule has 1 atom stereocenters. The number of aromatic nitrogens is 1. The van der Waals surface area contributed by atoms with Crippen molar-refractivity contribution in [1.82, 2.24) is 4.57 Å². The fraction of sp³-hybridized carbons (Fsp3) is 0.118. The second kappa shape index (κ2) is 5.21. The van der Waals surface area contributed by atoms with Crippen LogP contribution in [0.1, 0.15) is 11.6 Å². The number of carbonyl (C=O) groups is 1. The van der Waals surface area contributed by atoms with E-state index in [-0.39, 0.29) is 5.97 Å². The lowest BCUT2D eigenvalue weighted by molar-refractivity contribution is -0.143. The number of hydrogen-bond donors (Lipinski definition) is 0. The van der Waals surface area contributed by atoms with E-state index in [1.807, 2.05) is 71.4 Å². The summed E-state index contributed by atoms with van der Waals surface area (Å²) in [5.41, 5.74) is 1.94. The minimum absolute atomic E-state index is 0.266. The number of fused-ring (bicyclic) bond motifs is 1. The summed E-state index contributed by atoms with van der Waals surface area (Å²) in [7, 11) is 1.42. The summed E-state index contributed by atoms with van der Waals surface area (Å²) in [6.45, 7) is 0. The molecular weight excluding hydrogens is 250 g/mol. The quantitative estimate of drug-likeness (QED) is 0.680. The van der Waals surface area contributed by atoms with Crippen LogP contribution in [-0.4, -0.2) is 17.6 Å². The van der Waals surface area contributed by atoms with Gasteiger partial charge in [-0.05, 0) is 23.1 Å². The molecule has 1 aromatic heterocycles. The van der Waals surface area contributed by atoms with Crippen molar-refractivity contribution in [2.24, 2.45) is 0 Å². The average Bonchev–Trinajstić information content (AvgIpc) is 2.92. The molecule has 20 heavy (non-hydrogen) atoms. The summed E-state index contributed by atoms with van der Waals surface area (Å²) >= 11 is 0. The van der Waals surface area contributed by atoms with Crippen molar-refractivity contribution in [3.8, 4) is 0 Å². The van der Waals surface area contributed by atoms with Crippen molar-refractivity contribution in [2.45, 2.75) is 6.04 Å².